The van der Waals surface area contributed by atoms with Gasteiger partial charge in [0.25, 0.3) is 0 Å². The van der Waals surface area contributed by atoms with Crippen molar-refractivity contribution in [2.24, 2.45) is 0 Å². The quantitative estimate of drug-likeness (QED) is 0.287. The second-order valence-electron chi connectivity index (χ2n) is 2.63. The van der Waals surface area contributed by atoms with E-state index in [9.17, 15) is 4.79 Å². The van der Waals surface area contributed by atoms with Crippen molar-refractivity contribution in [3.05, 3.63) is 0 Å². The minimum atomic E-state index is -1.86. The van der Waals surface area contributed by atoms with Crippen LogP contribution in [0.4, 0.5) is 0 Å². The monoisotopic (exact) mass is 226 g/mol. The Morgan fingerprint density at radius 3 is 1.80 bits per heavy atom. The van der Waals surface area contributed by atoms with Crippen LogP contribution in [0.15, 0.2) is 0 Å². The highest BCUT2D eigenvalue weighted by Crippen LogP contribution is 2.00. The van der Waals surface area contributed by atoms with Crippen molar-refractivity contribution >= 4 is 5.78 Å². The van der Waals surface area contributed by atoms with E-state index in [1.165, 1.54) is 0 Å². The smallest absolute Gasteiger partial charge is 0.189 e. The van der Waals surface area contributed by atoms with E-state index < -0.39 is 37.3 Å². The zero-order valence-electron chi connectivity index (χ0n) is 8.44. The average Bonchev–Trinajstić information content (AvgIpc) is 2.25. The van der Waals surface area contributed by atoms with Gasteiger partial charge in [-0.3, -0.25) is 4.79 Å². The van der Waals surface area contributed by atoms with Crippen molar-refractivity contribution in [3.63, 3.8) is 0 Å². The van der Waals surface area contributed by atoms with Crippen molar-refractivity contribution in [2.75, 3.05) is 19.8 Å². The molecule has 15 heavy (non-hydrogen) atoms. The molecule has 92 valence electrons. The number of ketones is 1. The molecule has 6 N–H and O–H groups in total. The third kappa shape index (κ3) is 7.37. The van der Waals surface area contributed by atoms with Gasteiger partial charge in [0.15, 0.2) is 5.78 Å². The van der Waals surface area contributed by atoms with Crippen LogP contribution in [0.3, 0.4) is 0 Å². The van der Waals surface area contributed by atoms with Gasteiger partial charge < -0.3 is 30.6 Å². The SMILES string of the molecule is CCO.O=C(CO)[C@H](O)[C@@H](O)[C@H](O)CO. The number of carbonyl (C=O) groups excluding carboxylic acids is 1. The van der Waals surface area contributed by atoms with E-state index in [1.807, 2.05) is 0 Å². The summed E-state index contributed by atoms with van der Waals surface area (Å²) >= 11 is 0. The summed E-state index contributed by atoms with van der Waals surface area (Å²) in [5.41, 5.74) is 0. The lowest BCUT2D eigenvalue weighted by molar-refractivity contribution is -0.142. The van der Waals surface area contributed by atoms with E-state index in [4.69, 9.17) is 30.6 Å². The molecular weight excluding hydrogens is 208 g/mol. The topological polar surface area (TPSA) is 138 Å². The van der Waals surface area contributed by atoms with Crippen LogP contribution in [0.2, 0.25) is 0 Å². The molecule has 0 bridgehead atoms. The first kappa shape index (κ1) is 16.8. The summed E-state index contributed by atoms with van der Waals surface area (Å²) in [6.45, 7) is 0.243. The van der Waals surface area contributed by atoms with Crippen molar-refractivity contribution in [3.8, 4) is 0 Å². The first-order valence-corrected chi connectivity index (χ1v) is 4.35. The predicted octanol–water partition coefficient (Wildman–Crippen LogP) is -3.38. The van der Waals surface area contributed by atoms with Gasteiger partial charge in [-0.2, -0.15) is 0 Å². The third-order valence-corrected chi connectivity index (χ3v) is 1.39. The van der Waals surface area contributed by atoms with Gasteiger partial charge in [-0.25, -0.2) is 0 Å². The molecule has 0 fully saturated rings. The van der Waals surface area contributed by atoms with Gasteiger partial charge in [-0.05, 0) is 6.92 Å². The lowest BCUT2D eigenvalue weighted by atomic mass is 10.1. The largest absolute Gasteiger partial charge is 0.397 e. The van der Waals surface area contributed by atoms with Crippen LogP contribution in [0.5, 0.6) is 0 Å². The van der Waals surface area contributed by atoms with E-state index >= 15 is 0 Å². The predicted molar refractivity (Wildman–Crippen MR) is 50.0 cm³/mol. The second kappa shape index (κ2) is 9.97. The number of rotatable bonds is 5. The van der Waals surface area contributed by atoms with Crippen molar-refractivity contribution in [1.29, 1.82) is 0 Å². The number of aliphatic hydroxyl groups excluding tert-OH is 6. The molecule has 0 rings (SSSR count). The molecular formula is C8H18O7. The molecule has 0 aromatic rings. The van der Waals surface area contributed by atoms with Crippen LogP contribution in [0.25, 0.3) is 0 Å². The number of carbonyl (C=O) groups is 1. The van der Waals surface area contributed by atoms with Crippen LogP contribution >= 0.6 is 0 Å². The minimum Gasteiger partial charge on any atom is -0.397 e. The Balaban J connectivity index is 0. The zero-order chi connectivity index (χ0) is 12.4. The van der Waals surface area contributed by atoms with E-state index in [0.29, 0.717) is 0 Å². The lowest BCUT2D eigenvalue weighted by Gasteiger charge is -2.19. The molecule has 0 aliphatic carbocycles. The molecule has 0 aromatic heterocycles. The van der Waals surface area contributed by atoms with Crippen LogP contribution in [0.1, 0.15) is 6.92 Å². The molecule has 7 heteroatoms. The Kier molecular flexibility index (Phi) is 11.2. The molecule has 0 saturated heterocycles. The standard InChI is InChI=1S/C6H12O6.C2H6O/c7-1-3(9)5(11)6(12)4(10)2-8;1-2-3/h3,5-9,11-12H,1-2H2;3H,2H2,1H3/t3-,5+,6+;/m1./s1. The fraction of sp³-hybridized carbons (Fsp3) is 0.875. The highest BCUT2D eigenvalue weighted by molar-refractivity contribution is 5.84. The molecule has 0 aliphatic rings. The van der Waals surface area contributed by atoms with Crippen LogP contribution < -0.4 is 0 Å². The second-order valence-corrected chi connectivity index (χ2v) is 2.63. The van der Waals surface area contributed by atoms with E-state index in [0.717, 1.165) is 0 Å². The van der Waals surface area contributed by atoms with Gasteiger partial charge in [-0.1, -0.05) is 0 Å². The average molecular weight is 226 g/mol. The molecule has 0 spiro atoms. The fourth-order valence-corrected chi connectivity index (χ4v) is 0.602. The van der Waals surface area contributed by atoms with Crippen molar-refractivity contribution in [1.82, 2.24) is 0 Å². The number of Topliss-reactive ketones (excluding diaryl/α,β-unsaturated/α-hetero) is 1. The van der Waals surface area contributed by atoms with Crippen molar-refractivity contribution < 1.29 is 35.4 Å². The minimum absolute atomic E-state index is 0.250. The van der Waals surface area contributed by atoms with E-state index in [-0.39, 0.29) is 6.61 Å². The number of aliphatic hydroxyl groups is 6. The summed E-state index contributed by atoms with van der Waals surface area (Å²) in [5, 5.41) is 50.6. The Labute approximate surface area is 87.2 Å². The van der Waals surface area contributed by atoms with Crippen molar-refractivity contribution in [2.45, 2.75) is 25.2 Å². The molecule has 3 atom stereocenters. The fourth-order valence-electron chi connectivity index (χ4n) is 0.602. The highest BCUT2D eigenvalue weighted by Gasteiger charge is 2.28. The van der Waals surface area contributed by atoms with Gasteiger partial charge in [0.1, 0.15) is 24.9 Å². The van der Waals surface area contributed by atoms with Gasteiger partial charge >= 0.3 is 0 Å². The first-order valence-electron chi connectivity index (χ1n) is 4.35. The number of hydrogen-bond donors (Lipinski definition) is 6. The first-order chi connectivity index (χ1) is 6.95. The molecule has 0 aliphatic heterocycles. The van der Waals surface area contributed by atoms with Crippen LogP contribution in [0, 0.1) is 0 Å². The van der Waals surface area contributed by atoms with Gasteiger partial charge in [-0.15, -0.1) is 0 Å². The molecule has 0 unspecified atom stereocenters. The highest BCUT2D eigenvalue weighted by atomic mass is 16.4. The Morgan fingerprint density at radius 2 is 1.53 bits per heavy atom. The molecule has 0 saturated carbocycles. The van der Waals surface area contributed by atoms with Crippen LogP contribution in [-0.2, 0) is 4.79 Å². The maximum atomic E-state index is 10.5. The van der Waals surface area contributed by atoms with E-state index in [1.54, 1.807) is 6.92 Å². The third-order valence-electron chi connectivity index (χ3n) is 1.39. The zero-order valence-corrected chi connectivity index (χ0v) is 8.44. The Hall–Kier alpha value is -0.570. The Bertz CT molecular complexity index is 161. The summed E-state index contributed by atoms with van der Waals surface area (Å²) in [6.07, 6.45) is -5.22. The molecule has 0 aromatic carbocycles. The van der Waals surface area contributed by atoms with Crippen LogP contribution in [-0.4, -0.2) is 74.6 Å². The molecule has 0 amide bonds. The summed E-state index contributed by atoms with van der Waals surface area (Å²) < 4.78 is 0. The number of hydrogen-bond acceptors (Lipinski definition) is 7. The summed E-state index contributed by atoms with van der Waals surface area (Å²) in [5.74, 6) is -1.00. The summed E-state index contributed by atoms with van der Waals surface area (Å²) in [6, 6.07) is 0. The normalized spacial score (nSPS) is 15.9. The summed E-state index contributed by atoms with van der Waals surface area (Å²) in [4.78, 5) is 10.5. The maximum Gasteiger partial charge on any atom is 0.189 e. The lowest BCUT2D eigenvalue weighted by Crippen LogP contribution is -2.44. The van der Waals surface area contributed by atoms with Gasteiger partial charge in [0.05, 0.1) is 6.61 Å². The molecule has 0 radical (unpaired) electrons. The molecule has 0 heterocycles. The maximum absolute atomic E-state index is 10.5. The van der Waals surface area contributed by atoms with Gasteiger partial charge in [0.2, 0.25) is 0 Å². The van der Waals surface area contributed by atoms with Gasteiger partial charge in [0, 0.05) is 6.61 Å². The van der Waals surface area contributed by atoms with E-state index in [2.05, 4.69) is 0 Å². The molecule has 7 nitrogen and oxygen atoms in total. The summed E-state index contributed by atoms with van der Waals surface area (Å²) in [7, 11) is 0. The Morgan fingerprint density at radius 1 is 1.13 bits per heavy atom.